The Morgan fingerprint density at radius 2 is 2.35 bits per heavy atom. The van der Waals surface area contributed by atoms with E-state index in [1.165, 1.54) is 10.5 Å². The van der Waals surface area contributed by atoms with Crippen LogP contribution in [0.15, 0.2) is 40.9 Å². The van der Waals surface area contributed by atoms with Gasteiger partial charge in [0, 0.05) is 22.9 Å². The summed E-state index contributed by atoms with van der Waals surface area (Å²) in [5.41, 5.74) is 2.20. The van der Waals surface area contributed by atoms with Crippen LogP contribution in [0.5, 0.6) is 0 Å². The van der Waals surface area contributed by atoms with E-state index in [4.69, 9.17) is 0 Å². The molecule has 0 saturated carbocycles. The highest BCUT2D eigenvalue weighted by Gasteiger charge is 2.23. The molecule has 2 heterocycles. The SMILES string of the molecule is O=C1CC(c2cccs2)C=C(C2=C[CH][CH]C2)N1. The van der Waals surface area contributed by atoms with Gasteiger partial charge in [-0.2, -0.15) is 0 Å². The van der Waals surface area contributed by atoms with Gasteiger partial charge in [0.15, 0.2) is 0 Å². The second-order valence-electron chi connectivity index (χ2n) is 4.28. The van der Waals surface area contributed by atoms with E-state index in [0.717, 1.165) is 12.1 Å². The highest BCUT2D eigenvalue weighted by molar-refractivity contribution is 7.10. The summed E-state index contributed by atoms with van der Waals surface area (Å²) in [4.78, 5) is 13.0. The van der Waals surface area contributed by atoms with Crippen molar-refractivity contribution in [2.75, 3.05) is 0 Å². The number of nitrogens with one attached hydrogen (secondary N) is 1. The van der Waals surface area contributed by atoms with Gasteiger partial charge in [-0.1, -0.05) is 18.2 Å². The van der Waals surface area contributed by atoms with Crippen molar-refractivity contribution in [2.24, 2.45) is 0 Å². The Balaban J connectivity index is 1.90. The molecule has 1 aliphatic carbocycles. The summed E-state index contributed by atoms with van der Waals surface area (Å²) in [5.74, 6) is 0.356. The zero-order valence-electron chi connectivity index (χ0n) is 9.35. The first kappa shape index (κ1) is 10.8. The Morgan fingerprint density at radius 3 is 3.06 bits per heavy atom. The zero-order valence-corrected chi connectivity index (χ0v) is 10.2. The molecule has 0 saturated heterocycles. The third-order valence-electron chi connectivity index (χ3n) is 3.07. The van der Waals surface area contributed by atoms with Crippen molar-refractivity contribution < 1.29 is 4.79 Å². The number of rotatable bonds is 2. The van der Waals surface area contributed by atoms with E-state index < -0.39 is 0 Å². The van der Waals surface area contributed by atoms with E-state index in [1.807, 2.05) is 12.5 Å². The molecule has 1 aromatic rings. The molecule has 0 fully saturated rings. The van der Waals surface area contributed by atoms with E-state index >= 15 is 0 Å². The number of hydrogen-bond donors (Lipinski definition) is 1. The van der Waals surface area contributed by atoms with Crippen LogP contribution >= 0.6 is 11.3 Å². The average Bonchev–Trinajstić information content (AvgIpc) is 3.02. The molecule has 2 radical (unpaired) electrons. The third-order valence-corrected chi connectivity index (χ3v) is 4.08. The Bertz CT molecular complexity index is 484. The van der Waals surface area contributed by atoms with Crippen molar-refractivity contribution in [1.29, 1.82) is 0 Å². The first-order valence-electron chi connectivity index (χ1n) is 5.74. The maximum atomic E-state index is 11.7. The molecule has 2 nitrogen and oxygen atoms in total. The fourth-order valence-electron chi connectivity index (χ4n) is 2.22. The van der Waals surface area contributed by atoms with E-state index in [9.17, 15) is 4.79 Å². The number of allylic oxidation sites excluding steroid dienone is 3. The predicted octanol–water partition coefficient (Wildman–Crippen LogP) is 2.97. The number of thiophene rings is 1. The standard InChI is InChI=1S/C14H13NOS/c16-14-9-11(13-6-3-7-17-13)8-12(15-14)10-4-1-2-5-10/h1-4,6-8,11H,5,9H2,(H,15,16). The van der Waals surface area contributed by atoms with Gasteiger partial charge in [0.25, 0.3) is 0 Å². The minimum atomic E-state index is 0.119. The minimum Gasteiger partial charge on any atom is -0.326 e. The third kappa shape index (κ3) is 2.20. The fourth-order valence-corrected chi connectivity index (χ4v) is 3.02. The monoisotopic (exact) mass is 243 g/mol. The maximum absolute atomic E-state index is 11.7. The molecular formula is C14H13NOS. The predicted molar refractivity (Wildman–Crippen MR) is 69.2 cm³/mol. The molecule has 1 atom stereocenters. The van der Waals surface area contributed by atoms with Gasteiger partial charge in [-0.3, -0.25) is 4.79 Å². The molecule has 1 unspecified atom stereocenters. The summed E-state index contributed by atoms with van der Waals surface area (Å²) in [7, 11) is 0. The van der Waals surface area contributed by atoms with Crippen LogP contribution in [0.25, 0.3) is 0 Å². The van der Waals surface area contributed by atoms with Crippen molar-refractivity contribution in [3.63, 3.8) is 0 Å². The van der Waals surface area contributed by atoms with Crippen LogP contribution in [0.3, 0.4) is 0 Å². The first-order valence-corrected chi connectivity index (χ1v) is 6.62. The summed E-state index contributed by atoms with van der Waals surface area (Å²) >= 11 is 1.72. The van der Waals surface area contributed by atoms with Gasteiger partial charge in [0.05, 0.1) is 0 Å². The molecule has 0 bridgehead atoms. The van der Waals surface area contributed by atoms with E-state index in [-0.39, 0.29) is 11.8 Å². The van der Waals surface area contributed by atoms with Crippen molar-refractivity contribution in [1.82, 2.24) is 5.32 Å². The van der Waals surface area contributed by atoms with Crippen LogP contribution in [0.4, 0.5) is 0 Å². The quantitative estimate of drug-likeness (QED) is 0.850. The van der Waals surface area contributed by atoms with Crippen molar-refractivity contribution in [3.05, 3.63) is 58.7 Å². The largest absolute Gasteiger partial charge is 0.326 e. The Morgan fingerprint density at radius 1 is 1.41 bits per heavy atom. The second-order valence-corrected chi connectivity index (χ2v) is 5.26. The molecule has 1 aliphatic heterocycles. The lowest BCUT2D eigenvalue weighted by molar-refractivity contribution is -0.120. The molecule has 17 heavy (non-hydrogen) atoms. The highest BCUT2D eigenvalue weighted by atomic mass is 32.1. The molecule has 3 heteroatoms. The molecule has 2 aliphatic rings. The summed E-state index contributed by atoms with van der Waals surface area (Å²) < 4.78 is 0. The Kier molecular flexibility index (Phi) is 2.85. The topological polar surface area (TPSA) is 29.1 Å². The van der Waals surface area contributed by atoms with Gasteiger partial charge in [-0.05, 0) is 36.3 Å². The molecule has 1 N–H and O–H groups in total. The van der Waals surface area contributed by atoms with E-state index in [2.05, 4.69) is 35.3 Å². The fraction of sp³-hybridized carbons (Fsp3) is 0.214. The summed E-state index contributed by atoms with van der Waals surface area (Å²) in [6.07, 6.45) is 9.89. The lowest BCUT2D eigenvalue weighted by Gasteiger charge is -2.21. The van der Waals surface area contributed by atoms with Gasteiger partial charge >= 0.3 is 0 Å². The lowest BCUT2D eigenvalue weighted by Crippen LogP contribution is -2.29. The smallest absolute Gasteiger partial charge is 0.225 e. The number of hydrogen-bond acceptors (Lipinski definition) is 2. The van der Waals surface area contributed by atoms with Crippen molar-refractivity contribution >= 4 is 17.2 Å². The van der Waals surface area contributed by atoms with Crippen molar-refractivity contribution in [3.8, 4) is 0 Å². The number of carbonyl (C=O) groups is 1. The maximum Gasteiger partial charge on any atom is 0.225 e. The summed E-state index contributed by atoms with van der Waals surface area (Å²) in [5, 5.41) is 5.03. The molecule has 0 aromatic carbocycles. The molecule has 86 valence electrons. The minimum absolute atomic E-state index is 0.119. The van der Waals surface area contributed by atoms with Crippen LogP contribution in [0, 0.1) is 12.8 Å². The van der Waals surface area contributed by atoms with Crippen LogP contribution in [-0.4, -0.2) is 5.91 Å². The van der Waals surface area contributed by atoms with Crippen LogP contribution in [0.1, 0.15) is 23.6 Å². The van der Waals surface area contributed by atoms with E-state index in [0.29, 0.717) is 6.42 Å². The molecule has 1 aromatic heterocycles. The Labute approximate surface area is 105 Å². The molecule has 3 rings (SSSR count). The van der Waals surface area contributed by atoms with Gasteiger partial charge in [-0.25, -0.2) is 0 Å². The van der Waals surface area contributed by atoms with E-state index in [1.54, 1.807) is 11.3 Å². The molecule has 1 amide bonds. The number of carbonyl (C=O) groups excluding carboxylic acids is 1. The lowest BCUT2D eigenvalue weighted by atomic mass is 9.95. The Hall–Kier alpha value is -1.35. The van der Waals surface area contributed by atoms with Gasteiger partial charge in [0.2, 0.25) is 5.91 Å². The van der Waals surface area contributed by atoms with Crippen LogP contribution in [-0.2, 0) is 4.79 Å². The van der Waals surface area contributed by atoms with Gasteiger partial charge < -0.3 is 5.32 Å². The molecule has 0 spiro atoms. The first-order chi connectivity index (χ1) is 8.33. The average molecular weight is 243 g/mol. The highest BCUT2D eigenvalue weighted by Crippen LogP contribution is 2.32. The van der Waals surface area contributed by atoms with Crippen LogP contribution in [0.2, 0.25) is 0 Å². The zero-order chi connectivity index (χ0) is 11.7. The number of amides is 1. The van der Waals surface area contributed by atoms with Crippen molar-refractivity contribution in [2.45, 2.75) is 18.8 Å². The van der Waals surface area contributed by atoms with Gasteiger partial charge in [-0.15, -0.1) is 11.3 Å². The summed E-state index contributed by atoms with van der Waals surface area (Å²) in [6, 6.07) is 4.14. The van der Waals surface area contributed by atoms with Gasteiger partial charge in [0.1, 0.15) is 0 Å². The normalized spacial score (nSPS) is 24.2. The summed E-state index contributed by atoms with van der Waals surface area (Å²) in [6.45, 7) is 0. The second kappa shape index (κ2) is 4.49. The molecular weight excluding hydrogens is 230 g/mol. The van der Waals surface area contributed by atoms with Crippen LogP contribution < -0.4 is 5.32 Å².